The van der Waals surface area contributed by atoms with Crippen molar-refractivity contribution in [3.05, 3.63) is 0 Å². The van der Waals surface area contributed by atoms with Gasteiger partial charge in [-0.3, -0.25) is 4.79 Å². The lowest BCUT2D eigenvalue weighted by atomic mass is 9.66. The van der Waals surface area contributed by atoms with Gasteiger partial charge < -0.3 is 10.8 Å². The molecule has 0 aromatic rings. The molecule has 0 saturated heterocycles. The maximum absolute atomic E-state index is 10.8. The van der Waals surface area contributed by atoms with Crippen LogP contribution in [0.3, 0.4) is 0 Å². The van der Waals surface area contributed by atoms with Gasteiger partial charge in [0.2, 0.25) is 0 Å². The zero-order chi connectivity index (χ0) is 12.3. The van der Waals surface area contributed by atoms with Gasteiger partial charge in [-0.15, -0.1) is 0 Å². The number of carboxylic acids is 1. The van der Waals surface area contributed by atoms with E-state index in [-0.39, 0.29) is 5.41 Å². The second-order valence-electron chi connectivity index (χ2n) is 6.09. The summed E-state index contributed by atoms with van der Waals surface area (Å²) >= 11 is 0. The van der Waals surface area contributed by atoms with Gasteiger partial charge in [-0.25, -0.2) is 0 Å². The molecule has 94 valence electrons. The van der Waals surface area contributed by atoms with Gasteiger partial charge in [0.15, 0.2) is 0 Å². The van der Waals surface area contributed by atoms with E-state index >= 15 is 0 Å². The van der Waals surface area contributed by atoms with Crippen molar-refractivity contribution in [2.45, 2.75) is 58.9 Å². The Kier molecular flexibility index (Phi) is 4.36. The molecule has 0 aromatic carbocycles. The van der Waals surface area contributed by atoms with Gasteiger partial charge in [-0.2, -0.15) is 0 Å². The van der Waals surface area contributed by atoms with Crippen LogP contribution in [-0.4, -0.2) is 17.1 Å². The number of carboxylic acid groups (broad SMARTS) is 1. The highest BCUT2D eigenvalue weighted by molar-refractivity contribution is 5.73. The average molecular weight is 227 g/mol. The van der Waals surface area contributed by atoms with E-state index in [0.29, 0.717) is 12.3 Å². The van der Waals surface area contributed by atoms with Gasteiger partial charge >= 0.3 is 5.97 Å². The Balaban J connectivity index is 2.52. The molecule has 0 amide bonds. The Morgan fingerprint density at radius 1 is 1.38 bits per heavy atom. The maximum Gasteiger partial charge on any atom is 0.320 e. The first-order chi connectivity index (χ1) is 7.33. The maximum atomic E-state index is 10.8. The molecule has 1 saturated carbocycles. The topological polar surface area (TPSA) is 63.3 Å². The number of hydrogen-bond acceptors (Lipinski definition) is 2. The molecule has 0 radical (unpaired) electrons. The monoisotopic (exact) mass is 227 g/mol. The fraction of sp³-hybridized carbons (Fsp3) is 0.923. The highest BCUT2D eigenvalue weighted by Gasteiger charge is 2.34. The largest absolute Gasteiger partial charge is 0.480 e. The van der Waals surface area contributed by atoms with Crippen molar-refractivity contribution in [3.63, 3.8) is 0 Å². The molecule has 3 heteroatoms. The molecule has 0 aromatic heterocycles. The van der Waals surface area contributed by atoms with E-state index in [2.05, 4.69) is 20.8 Å². The number of nitrogens with two attached hydrogens (primary N) is 1. The SMILES string of the molecule is CC1CCC(C(C)(C)C[C@H](N)C(=O)O)CC1. The van der Waals surface area contributed by atoms with Crippen molar-refractivity contribution >= 4 is 5.97 Å². The molecule has 1 atom stereocenters. The lowest BCUT2D eigenvalue weighted by Gasteiger charge is -2.39. The molecule has 16 heavy (non-hydrogen) atoms. The van der Waals surface area contributed by atoms with Gasteiger partial charge in [0.25, 0.3) is 0 Å². The number of aliphatic carboxylic acids is 1. The molecule has 0 unspecified atom stereocenters. The highest BCUT2D eigenvalue weighted by atomic mass is 16.4. The van der Waals surface area contributed by atoms with Crippen LogP contribution >= 0.6 is 0 Å². The summed E-state index contributed by atoms with van der Waals surface area (Å²) in [6.45, 7) is 6.62. The van der Waals surface area contributed by atoms with Crippen LogP contribution in [0.1, 0.15) is 52.9 Å². The molecule has 1 rings (SSSR count). The first-order valence-electron chi connectivity index (χ1n) is 6.31. The van der Waals surface area contributed by atoms with Crippen LogP contribution in [0.5, 0.6) is 0 Å². The summed E-state index contributed by atoms with van der Waals surface area (Å²) in [6.07, 6.45) is 5.58. The molecule has 1 aliphatic carbocycles. The fourth-order valence-corrected chi connectivity index (χ4v) is 2.86. The summed E-state index contributed by atoms with van der Waals surface area (Å²) in [4.78, 5) is 10.8. The van der Waals surface area contributed by atoms with Crippen LogP contribution in [0.15, 0.2) is 0 Å². The van der Waals surface area contributed by atoms with Crippen LogP contribution in [-0.2, 0) is 4.79 Å². The summed E-state index contributed by atoms with van der Waals surface area (Å²) in [5, 5.41) is 8.86. The van der Waals surface area contributed by atoms with Gasteiger partial charge in [0, 0.05) is 0 Å². The lowest BCUT2D eigenvalue weighted by molar-refractivity contribution is -0.139. The molecule has 1 fully saturated rings. The van der Waals surface area contributed by atoms with Gasteiger partial charge in [-0.1, -0.05) is 33.6 Å². The number of carbonyl (C=O) groups is 1. The predicted octanol–water partition coefficient (Wildman–Crippen LogP) is 2.64. The molecular formula is C13H25NO2. The molecule has 0 heterocycles. The first-order valence-corrected chi connectivity index (χ1v) is 6.31. The molecular weight excluding hydrogens is 202 g/mol. The Labute approximate surface area is 98.4 Å². The van der Waals surface area contributed by atoms with Crippen molar-refractivity contribution in [3.8, 4) is 0 Å². The smallest absolute Gasteiger partial charge is 0.320 e. The van der Waals surface area contributed by atoms with Gasteiger partial charge in [-0.05, 0) is 36.5 Å². The molecule has 0 bridgehead atoms. The number of rotatable bonds is 4. The summed E-state index contributed by atoms with van der Waals surface area (Å²) in [5.74, 6) is 0.589. The minimum atomic E-state index is -0.878. The minimum absolute atomic E-state index is 0.0535. The van der Waals surface area contributed by atoms with Crippen LogP contribution in [0, 0.1) is 17.3 Å². The standard InChI is InChI=1S/C13H25NO2/c1-9-4-6-10(7-5-9)13(2,3)8-11(14)12(15)16/h9-11H,4-8,14H2,1-3H3,(H,15,16)/t9?,10?,11-/m0/s1. The Morgan fingerprint density at radius 2 is 1.88 bits per heavy atom. The summed E-state index contributed by atoms with van der Waals surface area (Å²) in [5.41, 5.74) is 5.69. The van der Waals surface area contributed by atoms with Crippen LogP contribution < -0.4 is 5.73 Å². The van der Waals surface area contributed by atoms with Crippen molar-refractivity contribution in [2.75, 3.05) is 0 Å². The van der Waals surface area contributed by atoms with Crippen molar-refractivity contribution in [1.82, 2.24) is 0 Å². The normalized spacial score (nSPS) is 28.8. The van der Waals surface area contributed by atoms with E-state index in [1.807, 2.05) is 0 Å². The third kappa shape index (κ3) is 3.48. The van der Waals surface area contributed by atoms with Crippen molar-refractivity contribution < 1.29 is 9.90 Å². The van der Waals surface area contributed by atoms with E-state index in [4.69, 9.17) is 10.8 Å². The second-order valence-corrected chi connectivity index (χ2v) is 6.09. The Morgan fingerprint density at radius 3 is 2.31 bits per heavy atom. The highest BCUT2D eigenvalue weighted by Crippen LogP contribution is 2.42. The molecule has 0 aliphatic heterocycles. The summed E-state index contributed by atoms with van der Waals surface area (Å²) < 4.78 is 0. The second kappa shape index (κ2) is 5.17. The summed E-state index contributed by atoms with van der Waals surface area (Å²) in [7, 11) is 0. The van der Waals surface area contributed by atoms with Crippen LogP contribution in [0.2, 0.25) is 0 Å². The molecule has 1 aliphatic rings. The third-order valence-corrected chi connectivity index (χ3v) is 4.18. The average Bonchev–Trinajstić information content (AvgIpc) is 2.17. The fourth-order valence-electron chi connectivity index (χ4n) is 2.86. The van der Waals surface area contributed by atoms with E-state index in [9.17, 15) is 4.79 Å². The van der Waals surface area contributed by atoms with Crippen LogP contribution in [0.25, 0.3) is 0 Å². The minimum Gasteiger partial charge on any atom is -0.480 e. The Bertz CT molecular complexity index is 242. The molecule has 3 nitrogen and oxygen atoms in total. The van der Waals surface area contributed by atoms with Crippen molar-refractivity contribution in [2.24, 2.45) is 23.0 Å². The first kappa shape index (κ1) is 13.5. The molecule has 0 spiro atoms. The predicted molar refractivity (Wildman–Crippen MR) is 65.1 cm³/mol. The Hall–Kier alpha value is -0.570. The van der Waals surface area contributed by atoms with E-state index in [0.717, 1.165) is 5.92 Å². The third-order valence-electron chi connectivity index (χ3n) is 4.18. The van der Waals surface area contributed by atoms with Crippen LogP contribution in [0.4, 0.5) is 0 Å². The van der Waals surface area contributed by atoms with Gasteiger partial charge in [0.1, 0.15) is 6.04 Å². The molecule has 3 N–H and O–H groups in total. The van der Waals surface area contributed by atoms with E-state index < -0.39 is 12.0 Å². The van der Waals surface area contributed by atoms with Gasteiger partial charge in [0.05, 0.1) is 0 Å². The van der Waals surface area contributed by atoms with Crippen molar-refractivity contribution in [1.29, 1.82) is 0 Å². The quantitative estimate of drug-likeness (QED) is 0.776. The lowest BCUT2D eigenvalue weighted by Crippen LogP contribution is -2.39. The zero-order valence-electron chi connectivity index (χ0n) is 10.7. The number of hydrogen-bond donors (Lipinski definition) is 2. The zero-order valence-corrected chi connectivity index (χ0v) is 10.7. The summed E-state index contributed by atoms with van der Waals surface area (Å²) in [6, 6.07) is -0.714. The van der Waals surface area contributed by atoms with E-state index in [1.165, 1.54) is 25.7 Å². The van der Waals surface area contributed by atoms with E-state index in [1.54, 1.807) is 0 Å².